The van der Waals surface area contributed by atoms with Crippen molar-refractivity contribution < 1.29 is 9.53 Å². The van der Waals surface area contributed by atoms with Gasteiger partial charge >= 0.3 is 0 Å². The molecule has 108 valence electrons. The second kappa shape index (κ2) is 7.37. The first-order valence-corrected chi connectivity index (χ1v) is 6.92. The summed E-state index contributed by atoms with van der Waals surface area (Å²) in [6.45, 7) is 5.31. The first-order valence-electron chi connectivity index (χ1n) is 6.16. The highest BCUT2D eigenvalue weighted by atomic mass is 35.5. The SMILES string of the molecule is CC(Oc1ccc(Cl)cc1Cl)C(=O)NC(C#N)C(C)C. The van der Waals surface area contributed by atoms with Gasteiger partial charge in [0.2, 0.25) is 0 Å². The molecule has 1 aromatic carbocycles. The van der Waals surface area contributed by atoms with Gasteiger partial charge in [0.15, 0.2) is 6.10 Å². The minimum atomic E-state index is -0.761. The van der Waals surface area contributed by atoms with Crippen molar-refractivity contribution in [2.75, 3.05) is 0 Å². The van der Waals surface area contributed by atoms with E-state index in [9.17, 15) is 4.79 Å². The van der Waals surface area contributed by atoms with E-state index in [4.69, 9.17) is 33.2 Å². The van der Waals surface area contributed by atoms with E-state index in [1.807, 2.05) is 19.9 Å². The van der Waals surface area contributed by atoms with Gasteiger partial charge in [0.1, 0.15) is 11.8 Å². The van der Waals surface area contributed by atoms with Crippen molar-refractivity contribution in [2.24, 2.45) is 5.92 Å². The zero-order chi connectivity index (χ0) is 15.3. The lowest BCUT2D eigenvalue weighted by atomic mass is 10.1. The van der Waals surface area contributed by atoms with Gasteiger partial charge in [-0.25, -0.2) is 0 Å². The van der Waals surface area contributed by atoms with Crippen LogP contribution in [-0.4, -0.2) is 18.1 Å². The molecule has 1 rings (SSSR count). The number of halogens is 2. The Bertz CT molecular complexity index is 526. The predicted octanol–water partition coefficient (Wildman–Crippen LogP) is 3.43. The van der Waals surface area contributed by atoms with Crippen LogP contribution in [0.5, 0.6) is 5.75 Å². The van der Waals surface area contributed by atoms with Crippen molar-refractivity contribution in [3.8, 4) is 11.8 Å². The fraction of sp³-hybridized carbons (Fsp3) is 0.429. The third kappa shape index (κ3) is 4.59. The average molecular weight is 315 g/mol. The van der Waals surface area contributed by atoms with Gasteiger partial charge in [0.25, 0.3) is 5.91 Å². The van der Waals surface area contributed by atoms with Crippen molar-refractivity contribution in [1.29, 1.82) is 5.26 Å². The summed E-state index contributed by atoms with van der Waals surface area (Å²) < 4.78 is 5.47. The minimum absolute atomic E-state index is 0.0234. The molecule has 0 aliphatic heterocycles. The van der Waals surface area contributed by atoms with E-state index in [-0.39, 0.29) is 11.8 Å². The summed E-state index contributed by atoms with van der Waals surface area (Å²) in [5.41, 5.74) is 0. The summed E-state index contributed by atoms with van der Waals surface area (Å²) >= 11 is 11.8. The number of carbonyl (C=O) groups excluding carboxylic acids is 1. The van der Waals surface area contributed by atoms with E-state index < -0.39 is 12.1 Å². The Morgan fingerprint density at radius 3 is 2.50 bits per heavy atom. The van der Waals surface area contributed by atoms with Gasteiger partial charge in [0.05, 0.1) is 11.1 Å². The largest absolute Gasteiger partial charge is 0.479 e. The van der Waals surface area contributed by atoms with Gasteiger partial charge in [-0.1, -0.05) is 37.0 Å². The number of ether oxygens (including phenoxy) is 1. The molecule has 0 aliphatic rings. The van der Waals surface area contributed by atoms with Crippen LogP contribution in [0.25, 0.3) is 0 Å². The number of hydrogen-bond donors (Lipinski definition) is 1. The fourth-order valence-electron chi connectivity index (χ4n) is 1.43. The number of hydrogen-bond acceptors (Lipinski definition) is 3. The smallest absolute Gasteiger partial charge is 0.261 e. The number of nitrogens with one attached hydrogen (secondary N) is 1. The Labute approximate surface area is 128 Å². The number of benzene rings is 1. The number of rotatable bonds is 5. The van der Waals surface area contributed by atoms with E-state index in [1.165, 1.54) is 6.07 Å². The second-order valence-electron chi connectivity index (χ2n) is 4.69. The maximum atomic E-state index is 11.9. The molecule has 0 saturated heterocycles. The van der Waals surface area contributed by atoms with E-state index >= 15 is 0 Å². The van der Waals surface area contributed by atoms with Crippen molar-refractivity contribution in [2.45, 2.75) is 32.9 Å². The number of carbonyl (C=O) groups is 1. The molecule has 6 heteroatoms. The Morgan fingerprint density at radius 2 is 2.00 bits per heavy atom. The minimum Gasteiger partial charge on any atom is -0.479 e. The van der Waals surface area contributed by atoms with Gasteiger partial charge in [-0.15, -0.1) is 0 Å². The highest BCUT2D eigenvalue weighted by Crippen LogP contribution is 2.28. The molecule has 0 aliphatic carbocycles. The van der Waals surface area contributed by atoms with Crippen LogP contribution >= 0.6 is 23.2 Å². The topological polar surface area (TPSA) is 62.1 Å². The van der Waals surface area contributed by atoms with Crippen LogP contribution in [-0.2, 0) is 4.79 Å². The zero-order valence-corrected chi connectivity index (χ0v) is 13.0. The van der Waals surface area contributed by atoms with Crippen molar-refractivity contribution >= 4 is 29.1 Å². The van der Waals surface area contributed by atoms with E-state index in [0.717, 1.165) is 0 Å². The summed E-state index contributed by atoms with van der Waals surface area (Å²) in [4.78, 5) is 11.9. The van der Waals surface area contributed by atoms with Crippen molar-refractivity contribution in [3.05, 3.63) is 28.2 Å². The van der Waals surface area contributed by atoms with Crippen LogP contribution in [0.4, 0.5) is 0 Å². The van der Waals surface area contributed by atoms with Crippen LogP contribution in [0.2, 0.25) is 10.0 Å². The lowest BCUT2D eigenvalue weighted by Gasteiger charge is -2.19. The summed E-state index contributed by atoms with van der Waals surface area (Å²) in [5, 5.41) is 12.4. The van der Waals surface area contributed by atoms with Crippen LogP contribution in [0.3, 0.4) is 0 Å². The first-order chi connectivity index (χ1) is 9.35. The highest BCUT2D eigenvalue weighted by molar-refractivity contribution is 6.35. The number of amides is 1. The summed E-state index contributed by atoms with van der Waals surface area (Å²) in [7, 11) is 0. The lowest BCUT2D eigenvalue weighted by Crippen LogP contribution is -2.44. The first kappa shape index (κ1) is 16.6. The maximum absolute atomic E-state index is 11.9. The van der Waals surface area contributed by atoms with Crippen LogP contribution in [0.1, 0.15) is 20.8 Å². The Kier molecular flexibility index (Phi) is 6.12. The van der Waals surface area contributed by atoms with E-state index in [1.54, 1.807) is 19.1 Å². The molecule has 1 N–H and O–H groups in total. The number of nitriles is 1. The van der Waals surface area contributed by atoms with Gasteiger partial charge in [0, 0.05) is 5.02 Å². The van der Waals surface area contributed by atoms with E-state index in [0.29, 0.717) is 15.8 Å². The van der Waals surface area contributed by atoms with Gasteiger partial charge < -0.3 is 10.1 Å². The molecule has 1 amide bonds. The Balaban J connectivity index is 2.69. The molecule has 0 saturated carbocycles. The van der Waals surface area contributed by atoms with Gasteiger partial charge in [-0.2, -0.15) is 5.26 Å². The molecular weight excluding hydrogens is 299 g/mol. The molecule has 2 unspecified atom stereocenters. The maximum Gasteiger partial charge on any atom is 0.261 e. The van der Waals surface area contributed by atoms with Crippen molar-refractivity contribution in [1.82, 2.24) is 5.32 Å². The molecule has 0 heterocycles. The fourth-order valence-corrected chi connectivity index (χ4v) is 1.89. The molecule has 0 bridgehead atoms. The molecule has 20 heavy (non-hydrogen) atoms. The van der Waals surface area contributed by atoms with Gasteiger partial charge in [-0.05, 0) is 31.0 Å². The molecule has 0 radical (unpaired) electrons. The molecule has 0 spiro atoms. The molecular formula is C14H16Cl2N2O2. The molecule has 2 atom stereocenters. The summed E-state index contributed by atoms with van der Waals surface area (Å²) in [5.74, 6) is 0.0308. The van der Waals surface area contributed by atoms with Crippen LogP contribution in [0.15, 0.2) is 18.2 Å². The zero-order valence-electron chi connectivity index (χ0n) is 11.5. The van der Waals surface area contributed by atoms with Crippen molar-refractivity contribution in [3.63, 3.8) is 0 Å². The lowest BCUT2D eigenvalue weighted by molar-refractivity contribution is -0.127. The van der Waals surface area contributed by atoms with Crippen LogP contribution in [0, 0.1) is 17.2 Å². The highest BCUT2D eigenvalue weighted by Gasteiger charge is 2.21. The molecule has 4 nitrogen and oxygen atoms in total. The monoisotopic (exact) mass is 314 g/mol. The quantitative estimate of drug-likeness (QED) is 0.905. The van der Waals surface area contributed by atoms with Gasteiger partial charge in [-0.3, -0.25) is 4.79 Å². The summed E-state index contributed by atoms with van der Waals surface area (Å²) in [6.07, 6.45) is -0.761. The molecule has 0 aromatic heterocycles. The summed E-state index contributed by atoms with van der Waals surface area (Å²) in [6, 6.07) is 6.25. The van der Waals surface area contributed by atoms with Crippen LogP contribution < -0.4 is 10.1 Å². The number of nitrogens with zero attached hydrogens (tertiary/aromatic N) is 1. The third-order valence-corrected chi connectivity index (χ3v) is 3.20. The normalized spacial score (nSPS) is 13.4. The Morgan fingerprint density at radius 1 is 1.35 bits per heavy atom. The molecule has 1 aromatic rings. The standard InChI is InChI=1S/C14H16Cl2N2O2/c1-8(2)12(7-17)18-14(19)9(3)20-13-5-4-10(15)6-11(13)16/h4-6,8-9,12H,1-3H3,(H,18,19). The molecule has 0 fully saturated rings. The predicted molar refractivity (Wildman–Crippen MR) is 78.9 cm³/mol. The Hall–Kier alpha value is -1.44. The third-order valence-electron chi connectivity index (χ3n) is 2.67. The second-order valence-corrected chi connectivity index (χ2v) is 5.54. The van der Waals surface area contributed by atoms with E-state index in [2.05, 4.69) is 5.32 Å². The average Bonchev–Trinajstić information content (AvgIpc) is 2.38.